The van der Waals surface area contributed by atoms with E-state index in [9.17, 15) is 19.2 Å². The van der Waals surface area contributed by atoms with Gasteiger partial charge in [-0.3, -0.25) is 19.2 Å². The predicted octanol–water partition coefficient (Wildman–Crippen LogP) is 0.684. The number of amides is 4. The number of rotatable bonds is 7. The highest BCUT2D eigenvalue weighted by atomic mass is 16.5. The molecule has 11 heteroatoms. The van der Waals surface area contributed by atoms with E-state index in [0.29, 0.717) is 50.6 Å². The van der Waals surface area contributed by atoms with Crippen molar-refractivity contribution in [3.8, 4) is 5.75 Å². The smallest absolute Gasteiger partial charge is 0.271 e. The number of nitrogens with zero attached hydrogens (tertiary/aromatic N) is 1. The van der Waals surface area contributed by atoms with Crippen molar-refractivity contribution in [3.63, 3.8) is 0 Å². The topological polar surface area (TPSA) is 156 Å². The predicted molar refractivity (Wildman–Crippen MR) is 134 cm³/mol. The number of ether oxygens (including phenoxy) is 2. The van der Waals surface area contributed by atoms with Gasteiger partial charge in [-0.2, -0.15) is 0 Å². The molecule has 5 N–H and O–H groups in total. The van der Waals surface area contributed by atoms with Gasteiger partial charge in [0, 0.05) is 43.1 Å². The van der Waals surface area contributed by atoms with Crippen molar-refractivity contribution in [2.75, 3.05) is 33.4 Å². The van der Waals surface area contributed by atoms with Gasteiger partial charge in [0.25, 0.3) is 5.91 Å². The molecule has 0 bridgehead atoms. The van der Waals surface area contributed by atoms with Crippen LogP contribution in [0.3, 0.4) is 0 Å². The number of hydrogen-bond donors (Lipinski definition) is 4. The van der Waals surface area contributed by atoms with Gasteiger partial charge in [-0.1, -0.05) is 6.07 Å². The molecule has 198 valence electrons. The maximum absolute atomic E-state index is 13.8. The largest absolute Gasteiger partial charge is 0.496 e. The number of primary amides is 1. The molecular formula is C26H33N5O6. The Morgan fingerprint density at radius 1 is 1.30 bits per heavy atom. The molecule has 1 spiro atoms. The van der Waals surface area contributed by atoms with Crippen molar-refractivity contribution in [3.05, 3.63) is 30.0 Å². The Kier molecular flexibility index (Phi) is 6.80. The summed E-state index contributed by atoms with van der Waals surface area (Å²) < 4.78 is 11.0. The third-order valence-electron chi connectivity index (χ3n) is 8.04. The molecule has 37 heavy (non-hydrogen) atoms. The number of carbonyl (C=O) groups excluding carboxylic acids is 4. The molecule has 0 radical (unpaired) electrons. The van der Waals surface area contributed by atoms with E-state index < -0.39 is 23.9 Å². The highest BCUT2D eigenvalue weighted by Gasteiger charge is 2.50. The van der Waals surface area contributed by atoms with Crippen LogP contribution in [0, 0.1) is 11.3 Å². The lowest BCUT2D eigenvalue weighted by molar-refractivity contribution is -0.131. The molecule has 1 aromatic heterocycles. The third-order valence-corrected chi connectivity index (χ3v) is 8.04. The standard InChI is InChI=1S/C26H33N5O6/c1-36-21-4-2-3-17-16(21)12-19(29-17)25(35)31-14-26(6-9-37-10-7-26)13-20(31)24(34)30-18(22(27)32)11-15-5-8-28-23(15)33/h2-4,12,15,18,20,29H,5-11,13-14H2,1H3,(H2,27,32)(H,28,33)(H,30,34)/t15-,18-,20?/m0/s1. The fourth-order valence-corrected chi connectivity index (χ4v) is 5.91. The SMILES string of the molecule is COc1cccc2[nH]c(C(=O)N3CC4(CCOCC4)CC3C(=O)N[C@@H](C[C@@H]3CCNC3=O)C(N)=O)cc12. The van der Waals surface area contributed by atoms with Gasteiger partial charge in [-0.15, -0.1) is 0 Å². The van der Waals surface area contributed by atoms with Crippen molar-refractivity contribution in [2.45, 2.75) is 44.2 Å². The monoisotopic (exact) mass is 511 g/mol. The van der Waals surface area contributed by atoms with Crippen LogP contribution in [0.1, 0.15) is 42.6 Å². The summed E-state index contributed by atoms with van der Waals surface area (Å²) in [6.07, 6.45) is 2.66. The van der Waals surface area contributed by atoms with Crippen LogP contribution in [-0.2, 0) is 19.1 Å². The summed E-state index contributed by atoms with van der Waals surface area (Å²) in [7, 11) is 1.57. The van der Waals surface area contributed by atoms with E-state index in [1.165, 1.54) is 0 Å². The third kappa shape index (κ3) is 4.87. The van der Waals surface area contributed by atoms with Crippen LogP contribution in [0.4, 0.5) is 0 Å². The van der Waals surface area contributed by atoms with Gasteiger partial charge < -0.3 is 35.7 Å². The fourth-order valence-electron chi connectivity index (χ4n) is 5.91. The van der Waals surface area contributed by atoms with E-state index in [2.05, 4.69) is 15.6 Å². The lowest BCUT2D eigenvalue weighted by Gasteiger charge is -2.32. The molecule has 3 atom stereocenters. The van der Waals surface area contributed by atoms with Crippen LogP contribution >= 0.6 is 0 Å². The molecule has 3 aliphatic rings. The van der Waals surface area contributed by atoms with E-state index in [0.717, 1.165) is 23.7 Å². The van der Waals surface area contributed by atoms with Crippen LogP contribution < -0.4 is 21.1 Å². The minimum Gasteiger partial charge on any atom is -0.496 e. The van der Waals surface area contributed by atoms with E-state index in [1.54, 1.807) is 18.1 Å². The van der Waals surface area contributed by atoms with Crippen molar-refractivity contribution in [1.29, 1.82) is 0 Å². The Morgan fingerprint density at radius 3 is 2.76 bits per heavy atom. The quantitative estimate of drug-likeness (QED) is 0.428. The fraction of sp³-hybridized carbons (Fsp3) is 0.538. The summed E-state index contributed by atoms with van der Waals surface area (Å²) >= 11 is 0. The Hall–Kier alpha value is -3.60. The zero-order valence-corrected chi connectivity index (χ0v) is 20.9. The van der Waals surface area contributed by atoms with Crippen LogP contribution in [0.25, 0.3) is 10.9 Å². The summed E-state index contributed by atoms with van der Waals surface area (Å²) in [5.74, 6) is -1.33. The first-order valence-electron chi connectivity index (χ1n) is 12.7. The van der Waals surface area contributed by atoms with Gasteiger partial charge in [-0.05, 0) is 55.7 Å². The van der Waals surface area contributed by atoms with Crippen LogP contribution in [0.5, 0.6) is 5.75 Å². The maximum atomic E-state index is 13.8. The average Bonchev–Trinajstić information content (AvgIpc) is 3.60. The normalized spacial score (nSPS) is 23.7. The van der Waals surface area contributed by atoms with E-state index in [4.69, 9.17) is 15.2 Å². The summed E-state index contributed by atoms with van der Waals surface area (Å²) in [6.45, 7) is 2.08. The molecule has 4 amide bonds. The molecule has 1 aromatic carbocycles. The van der Waals surface area contributed by atoms with Crippen molar-refractivity contribution in [1.82, 2.24) is 20.5 Å². The van der Waals surface area contributed by atoms with E-state index in [1.807, 2.05) is 18.2 Å². The molecule has 3 saturated heterocycles. The average molecular weight is 512 g/mol. The van der Waals surface area contributed by atoms with E-state index in [-0.39, 0.29) is 29.6 Å². The molecule has 2 aromatic rings. The van der Waals surface area contributed by atoms with Gasteiger partial charge in [0.05, 0.1) is 7.11 Å². The highest BCUT2D eigenvalue weighted by molar-refractivity contribution is 6.02. The Labute approximate surface area is 214 Å². The maximum Gasteiger partial charge on any atom is 0.271 e. The molecule has 4 heterocycles. The molecule has 1 unspecified atom stereocenters. The summed E-state index contributed by atoms with van der Waals surface area (Å²) in [5, 5.41) is 6.28. The van der Waals surface area contributed by atoms with Crippen LogP contribution in [0.2, 0.25) is 0 Å². The van der Waals surface area contributed by atoms with Gasteiger partial charge in [0.1, 0.15) is 23.5 Å². The number of fused-ring (bicyclic) bond motifs is 1. The second kappa shape index (κ2) is 10.0. The minimum atomic E-state index is -0.998. The van der Waals surface area contributed by atoms with Gasteiger partial charge in [-0.25, -0.2) is 0 Å². The number of nitrogens with one attached hydrogen (secondary N) is 3. The number of nitrogens with two attached hydrogens (primary N) is 1. The first-order valence-corrected chi connectivity index (χ1v) is 12.7. The number of likely N-dealkylation sites (tertiary alicyclic amines) is 1. The summed E-state index contributed by atoms with van der Waals surface area (Å²) in [5.41, 5.74) is 6.47. The van der Waals surface area contributed by atoms with Gasteiger partial charge >= 0.3 is 0 Å². The number of hydrogen-bond acceptors (Lipinski definition) is 6. The molecule has 11 nitrogen and oxygen atoms in total. The minimum absolute atomic E-state index is 0.133. The summed E-state index contributed by atoms with van der Waals surface area (Å²) in [4.78, 5) is 56.4. The second-order valence-electron chi connectivity index (χ2n) is 10.3. The number of methoxy groups -OCH3 is 1. The lowest BCUT2D eigenvalue weighted by atomic mass is 9.78. The van der Waals surface area contributed by atoms with Crippen molar-refractivity contribution in [2.24, 2.45) is 17.1 Å². The first-order chi connectivity index (χ1) is 17.8. The number of aromatic nitrogens is 1. The molecule has 0 aliphatic carbocycles. The highest BCUT2D eigenvalue weighted by Crippen LogP contribution is 2.43. The van der Waals surface area contributed by atoms with Gasteiger partial charge in [0.2, 0.25) is 17.7 Å². The first kappa shape index (κ1) is 25.1. The molecular weight excluding hydrogens is 478 g/mol. The number of benzene rings is 1. The van der Waals surface area contributed by atoms with Crippen LogP contribution in [-0.4, -0.2) is 79.0 Å². The lowest BCUT2D eigenvalue weighted by Crippen LogP contribution is -2.53. The number of carbonyl (C=O) groups is 4. The summed E-state index contributed by atoms with van der Waals surface area (Å²) in [6, 6.07) is 5.48. The molecule has 3 aliphatic heterocycles. The van der Waals surface area contributed by atoms with Gasteiger partial charge in [0.15, 0.2) is 0 Å². The Morgan fingerprint density at radius 2 is 2.08 bits per heavy atom. The molecule has 5 rings (SSSR count). The molecule has 0 saturated carbocycles. The van der Waals surface area contributed by atoms with Crippen LogP contribution in [0.15, 0.2) is 24.3 Å². The van der Waals surface area contributed by atoms with E-state index >= 15 is 0 Å². The number of H-pyrrole nitrogens is 1. The Balaban J connectivity index is 1.40. The zero-order chi connectivity index (χ0) is 26.2. The number of aromatic amines is 1. The second-order valence-corrected chi connectivity index (χ2v) is 10.3. The molecule has 3 fully saturated rings. The zero-order valence-electron chi connectivity index (χ0n) is 20.9. The Bertz CT molecular complexity index is 1220. The van der Waals surface area contributed by atoms with Crippen molar-refractivity contribution >= 4 is 34.5 Å². The van der Waals surface area contributed by atoms with Crippen molar-refractivity contribution < 1.29 is 28.7 Å².